The lowest BCUT2D eigenvalue weighted by atomic mass is 10.1. The van der Waals surface area contributed by atoms with Gasteiger partial charge >= 0.3 is 5.97 Å². The van der Waals surface area contributed by atoms with E-state index in [1.54, 1.807) is 19.1 Å². The van der Waals surface area contributed by atoms with Crippen molar-refractivity contribution < 1.29 is 14.5 Å². The molecule has 1 aliphatic rings. The van der Waals surface area contributed by atoms with Crippen LogP contribution in [-0.4, -0.2) is 35.0 Å². The normalized spacial score (nSPS) is 14.2. The van der Waals surface area contributed by atoms with Crippen molar-refractivity contribution in [3.63, 3.8) is 0 Å². The van der Waals surface area contributed by atoms with Crippen molar-refractivity contribution in [1.29, 1.82) is 0 Å². The Hall–Kier alpha value is -1.66. The second kappa shape index (κ2) is 6.87. The number of hydrogen-bond donors (Lipinski definition) is 0. The minimum atomic E-state index is -0.448. The van der Waals surface area contributed by atoms with Gasteiger partial charge in [-0.05, 0) is 25.8 Å². The van der Waals surface area contributed by atoms with Crippen LogP contribution in [0.15, 0.2) is 18.2 Å². The van der Waals surface area contributed by atoms with E-state index in [1.807, 2.05) is 4.90 Å². The standard InChI is InChI=1S/C14H17ClN2O4/c1-2-21-14(18)9-16(10-6-7-10)8-11-12(15)4-3-5-13(11)17(19)20/h3-5,10H,2,6-9H2,1H3. The summed E-state index contributed by atoms with van der Waals surface area (Å²) in [6.07, 6.45) is 1.97. The van der Waals surface area contributed by atoms with E-state index in [9.17, 15) is 14.9 Å². The van der Waals surface area contributed by atoms with E-state index in [-0.39, 0.29) is 30.8 Å². The van der Waals surface area contributed by atoms with Crippen LogP contribution in [0.2, 0.25) is 5.02 Å². The number of esters is 1. The monoisotopic (exact) mass is 312 g/mol. The van der Waals surface area contributed by atoms with Gasteiger partial charge in [-0.15, -0.1) is 0 Å². The zero-order valence-corrected chi connectivity index (χ0v) is 12.5. The highest BCUT2D eigenvalue weighted by atomic mass is 35.5. The van der Waals surface area contributed by atoms with Gasteiger partial charge in [0.05, 0.1) is 28.7 Å². The van der Waals surface area contributed by atoms with Crippen molar-refractivity contribution in [2.24, 2.45) is 0 Å². The summed E-state index contributed by atoms with van der Waals surface area (Å²) in [6.45, 7) is 2.47. The van der Waals surface area contributed by atoms with Crippen molar-refractivity contribution in [1.82, 2.24) is 4.90 Å². The minimum absolute atomic E-state index is 0.0167. The van der Waals surface area contributed by atoms with Gasteiger partial charge in [0.2, 0.25) is 0 Å². The SMILES string of the molecule is CCOC(=O)CN(Cc1c(Cl)cccc1[N+](=O)[O-])C1CC1. The predicted octanol–water partition coefficient (Wildman–Crippen LogP) is 2.78. The fourth-order valence-corrected chi connectivity index (χ4v) is 2.43. The van der Waals surface area contributed by atoms with E-state index in [0.29, 0.717) is 17.2 Å². The number of benzene rings is 1. The summed E-state index contributed by atoms with van der Waals surface area (Å²) in [5, 5.41) is 11.4. The number of ether oxygens (including phenoxy) is 1. The Balaban J connectivity index is 2.17. The summed E-state index contributed by atoms with van der Waals surface area (Å²) in [5.41, 5.74) is 0.428. The molecule has 1 aromatic rings. The number of carbonyl (C=O) groups excluding carboxylic acids is 1. The van der Waals surface area contributed by atoms with Gasteiger partial charge < -0.3 is 4.74 Å². The second-order valence-electron chi connectivity index (χ2n) is 4.94. The molecule has 0 heterocycles. The van der Waals surface area contributed by atoms with Crippen LogP contribution in [0.4, 0.5) is 5.69 Å². The maximum absolute atomic E-state index is 11.6. The maximum atomic E-state index is 11.6. The third kappa shape index (κ3) is 4.15. The van der Waals surface area contributed by atoms with Crippen LogP contribution in [0.25, 0.3) is 0 Å². The Morgan fingerprint density at radius 2 is 2.24 bits per heavy atom. The summed E-state index contributed by atoms with van der Waals surface area (Å²) in [4.78, 5) is 24.2. The molecule has 114 valence electrons. The highest BCUT2D eigenvalue weighted by Gasteiger charge is 2.32. The van der Waals surface area contributed by atoms with E-state index in [2.05, 4.69) is 0 Å². The first kappa shape index (κ1) is 15.7. The van der Waals surface area contributed by atoms with Gasteiger partial charge in [0.15, 0.2) is 0 Å². The smallest absolute Gasteiger partial charge is 0.320 e. The quantitative estimate of drug-likeness (QED) is 0.440. The van der Waals surface area contributed by atoms with Crippen LogP contribution < -0.4 is 0 Å². The molecule has 1 saturated carbocycles. The number of nitrogens with zero attached hydrogens (tertiary/aromatic N) is 2. The zero-order chi connectivity index (χ0) is 15.4. The third-order valence-electron chi connectivity index (χ3n) is 3.35. The average molecular weight is 313 g/mol. The highest BCUT2D eigenvalue weighted by Crippen LogP contribution is 2.33. The Morgan fingerprint density at radius 3 is 2.81 bits per heavy atom. The number of hydrogen-bond acceptors (Lipinski definition) is 5. The van der Waals surface area contributed by atoms with Gasteiger partial charge in [0.25, 0.3) is 5.69 Å². The molecular formula is C14H17ClN2O4. The predicted molar refractivity (Wildman–Crippen MR) is 78.2 cm³/mol. The van der Waals surface area contributed by atoms with E-state index in [4.69, 9.17) is 16.3 Å². The van der Waals surface area contributed by atoms with Gasteiger partial charge in [-0.3, -0.25) is 19.8 Å². The number of nitro benzene ring substituents is 1. The van der Waals surface area contributed by atoms with Crippen LogP contribution in [-0.2, 0) is 16.1 Å². The summed E-state index contributed by atoms with van der Waals surface area (Å²) in [5.74, 6) is -0.320. The Bertz CT molecular complexity index is 546. The Morgan fingerprint density at radius 1 is 1.52 bits per heavy atom. The molecule has 6 nitrogen and oxygen atoms in total. The van der Waals surface area contributed by atoms with E-state index < -0.39 is 4.92 Å². The lowest BCUT2D eigenvalue weighted by molar-refractivity contribution is -0.385. The fraction of sp³-hybridized carbons (Fsp3) is 0.500. The Labute approximate surface area is 127 Å². The molecular weight excluding hydrogens is 296 g/mol. The molecule has 0 bridgehead atoms. The molecule has 21 heavy (non-hydrogen) atoms. The Kier molecular flexibility index (Phi) is 5.14. The lowest BCUT2D eigenvalue weighted by Crippen LogP contribution is -2.32. The van der Waals surface area contributed by atoms with Gasteiger partial charge in [-0.1, -0.05) is 17.7 Å². The molecule has 0 radical (unpaired) electrons. The number of rotatable bonds is 7. The number of halogens is 1. The van der Waals surface area contributed by atoms with E-state index in [1.165, 1.54) is 6.07 Å². The van der Waals surface area contributed by atoms with Gasteiger partial charge in [-0.2, -0.15) is 0 Å². The molecule has 0 saturated heterocycles. The minimum Gasteiger partial charge on any atom is -0.465 e. The van der Waals surface area contributed by atoms with Crippen LogP contribution in [0.1, 0.15) is 25.3 Å². The van der Waals surface area contributed by atoms with Crippen molar-refractivity contribution in [3.05, 3.63) is 38.9 Å². The molecule has 1 aromatic carbocycles. The average Bonchev–Trinajstić information content (AvgIpc) is 3.24. The summed E-state index contributed by atoms with van der Waals surface area (Å²) in [7, 11) is 0. The molecule has 0 spiro atoms. The summed E-state index contributed by atoms with van der Waals surface area (Å²) >= 11 is 6.09. The van der Waals surface area contributed by atoms with Gasteiger partial charge in [0, 0.05) is 18.7 Å². The lowest BCUT2D eigenvalue weighted by Gasteiger charge is -2.21. The second-order valence-corrected chi connectivity index (χ2v) is 5.34. The maximum Gasteiger partial charge on any atom is 0.320 e. The van der Waals surface area contributed by atoms with Crippen LogP contribution in [0.5, 0.6) is 0 Å². The van der Waals surface area contributed by atoms with Crippen molar-refractivity contribution in [2.45, 2.75) is 32.4 Å². The summed E-state index contributed by atoms with van der Waals surface area (Å²) in [6, 6.07) is 4.87. The first-order chi connectivity index (χ1) is 10.0. The molecule has 0 unspecified atom stereocenters. The van der Waals surface area contributed by atoms with Crippen LogP contribution in [0, 0.1) is 10.1 Å². The molecule has 0 atom stereocenters. The van der Waals surface area contributed by atoms with E-state index in [0.717, 1.165) is 12.8 Å². The third-order valence-corrected chi connectivity index (χ3v) is 3.71. The largest absolute Gasteiger partial charge is 0.465 e. The van der Waals surface area contributed by atoms with Crippen molar-refractivity contribution in [3.8, 4) is 0 Å². The molecule has 1 fully saturated rings. The number of nitro groups is 1. The first-order valence-corrected chi connectivity index (χ1v) is 7.22. The molecule has 2 rings (SSSR count). The van der Waals surface area contributed by atoms with E-state index >= 15 is 0 Å². The zero-order valence-electron chi connectivity index (χ0n) is 11.8. The first-order valence-electron chi connectivity index (χ1n) is 6.84. The van der Waals surface area contributed by atoms with Crippen LogP contribution >= 0.6 is 11.6 Å². The van der Waals surface area contributed by atoms with Crippen LogP contribution in [0.3, 0.4) is 0 Å². The fourth-order valence-electron chi connectivity index (χ4n) is 2.20. The summed E-state index contributed by atoms with van der Waals surface area (Å²) < 4.78 is 4.95. The topological polar surface area (TPSA) is 72.7 Å². The van der Waals surface area contributed by atoms with Crippen molar-refractivity contribution >= 4 is 23.3 Å². The number of carbonyl (C=O) groups is 1. The van der Waals surface area contributed by atoms with Crippen molar-refractivity contribution in [2.75, 3.05) is 13.2 Å². The molecule has 0 amide bonds. The molecule has 0 aliphatic heterocycles. The molecule has 7 heteroatoms. The molecule has 0 N–H and O–H groups in total. The van der Waals surface area contributed by atoms with Gasteiger partial charge in [-0.25, -0.2) is 0 Å². The molecule has 0 aromatic heterocycles. The molecule has 1 aliphatic carbocycles. The highest BCUT2D eigenvalue weighted by molar-refractivity contribution is 6.31. The van der Waals surface area contributed by atoms with Gasteiger partial charge in [0.1, 0.15) is 0 Å².